The van der Waals surface area contributed by atoms with Gasteiger partial charge in [0.05, 0.1) is 12.2 Å². The summed E-state index contributed by atoms with van der Waals surface area (Å²) in [6.07, 6.45) is 26.5. The van der Waals surface area contributed by atoms with Crippen molar-refractivity contribution in [1.29, 1.82) is 0 Å². The number of carbonyl (C=O) groups excluding carboxylic acids is 2. The highest BCUT2D eigenvalue weighted by Crippen LogP contribution is 2.14. The molecule has 0 aliphatic carbocycles. The van der Waals surface area contributed by atoms with Gasteiger partial charge in [-0.3, -0.25) is 9.59 Å². The van der Waals surface area contributed by atoms with Crippen molar-refractivity contribution in [3.05, 3.63) is 37.1 Å². The summed E-state index contributed by atoms with van der Waals surface area (Å²) in [5, 5.41) is 0. The molecule has 0 aliphatic rings. The van der Waals surface area contributed by atoms with E-state index in [0.29, 0.717) is 13.0 Å². The van der Waals surface area contributed by atoms with Crippen molar-refractivity contribution in [2.24, 2.45) is 5.92 Å². The maximum Gasteiger partial charge on any atom is 0.313 e. The Morgan fingerprint density at radius 1 is 0.771 bits per heavy atom. The van der Waals surface area contributed by atoms with Gasteiger partial charge in [0.1, 0.15) is 6.61 Å². The summed E-state index contributed by atoms with van der Waals surface area (Å²) in [6.45, 7) is 15.3. The SMILES string of the molecule is C=CCOC(=O)C(C)C(C)=CCC.C=COC(=O)CCCCCCCCCCCCCCCCC. The third-order valence-corrected chi connectivity index (χ3v) is 6.11. The van der Waals surface area contributed by atoms with Crippen molar-refractivity contribution in [3.63, 3.8) is 0 Å². The molecule has 0 rings (SSSR count). The van der Waals surface area contributed by atoms with Crippen molar-refractivity contribution >= 4 is 11.9 Å². The molecule has 0 saturated heterocycles. The van der Waals surface area contributed by atoms with E-state index < -0.39 is 0 Å². The smallest absolute Gasteiger partial charge is 0.313 e. The van der Waals surface area contributed by atoms with Gasteiger partial charge in [-0.05, 0) is 26.7 Å². The molecule has 1 atom stereocenters. The molecular weight excluding hydrogens is 436 g/mol. The Balaban J connectivity index is 0. The molecule has 35 heavy (non-hydrogen) atoms. The first-order valence-corrected chi connectivity index (χ1v) is 14.2. The van der Waals surface area contributed by atoms with Crippen LogP contribution >= 0.6 is 0 Å². The molecule has 204 valence electrons. The van der Waals surface area contributed by atoms with Crippen molar-refractivity contribution in [1.82, 2.24) is 0 Å². The number of hydrogen-bond acceptors (Lipinski definition) is 4. The summed E-state index contributed by atoms with van der Waals surface area (Å²) in [4.78, 5) is 22.4. The normalized spacial score (nSPS) is 11.7. The topological polar surface area (TPSA) is 52.6 Å². The molecule has 0 spiro atoms. The molecule has 1 unspecified atom stereocenters. The maximum absolute atomic E-state index is 11.3. The van der Waals surface area contributed by atoms with Crippen LogP contribution in [0.3, 0.4) is 0 Å². The number of carbonyl (C=O) groups is 2. The number of unbranched alkanes of at least 4 members (excludes halogenated alkanes) is 14. The van der Waals surface area contributed by atoms with Crippen LogP contribution in [0.25, 0.3) is 0 Å². The molecule has 0 amide bonds. The fourth-order valence-corrected chi connectivity index (χ4v) is 3.74. The van der Waals surface area contributed by atoms with Crippen LogP contribution in [-0.4, -0.2) is 18.5 Å². The molecule has 0 aromatic carbocycles. The molecule has 0 N–H and O–H groups in total. The average molecular weight is 493 g/mol. The Morgan fingerprint density at radius 3 is 1.63 bits per heavy atom. The predicted octanol–water partition coefficient (Wildman–Crippen LogP) is 9.64. The van der Waals surface area contributed by atoms with Gasteiger partial charge in [-0.15, -0.1) is 0 Å². The van der Waals surface area contributed by atoms with E-state index in [0.717, 1.165) is 24.8 Å². The Bertz CT molecular complexity index is 550. The fraction of sp³-hybridized carbons (Fsp3) is 0.742. The van der Waals surface area contributed by atoms with Gasteiger partial charge in [0.15, 0.2) is 0 Å². The van der Waals surface area contributed by atoms with Gasteiger partial charge in [0, 0.05) is 6.42 Å². The van der Waals surface area contributed by atoms with Crippen molar-refractivity contribution in [3.8, 4) is 0 Å². The minimum Gasteiger partial charge on any atom is -0.461 e. The summed E-state index contributed by atoms with van der Waals surface area (Å²) in [7, 11) is 0. The summed E-state index contributed by atoms with van der Waals surface area (Å²) >= 11 is 0. The molecule has 0 aromatic rings. The quantitative estimate of drug-likeness (QED) is 0.0653. The Morgan fingerprint density at radius 2 is 1.23 bits per heavy atom. The maximum atomic E-state index is 11.3. The third kappa shape index (κ3) is 26.6. The molecule has 0 bridgehead atoms. The van der Waals surface area contributed by atoms with Crippen molar-refractivity contribution in [2.45, 2.75) is 137 Å². The van der Waals surface area contributed by atoms with Gasteiger partial charge >= 0.3 is 11.9 Å². The van der Waals surface area contributed by atoms with Crippen molar-refractivity contribution in [2.75, 3.05) is 6.61 Å². The summed E-state index contributed by atoms with van der Waals surface area (Å²) in [5.74, 6) is -0.466. The molecule has 0 heterocycles. The van der Waals surface area contributed by atoms with Gasteiger partial charge in [0.25, 0.3) is 0 Å². The zero-order valence-electron chi connectivity index (χ0n) is 23.6. The first-order valence-electron chi connectivity index (χ1n) is 14.2. The number of rotatable bonds is 22. The molecule has 0 aromatic heterocycles. The van der Waals surface area contributed by atoms with E-state index in [9.17, 15) is 9.59 Å². The monoisotopic (exact) mass is 492 g/mol. The minimum atomic E-state index is -0.179. The van der Waals surface area contributed by atoms with E-state index >= 15 is 0 Å². The number of ether oxygens (including phenoxy) is 2. The lowest BCUT2D eigenvalue weighted by atomic mass is 10.0. The minimum absolute atomic E-state index is 0.139. The second-order valence-corrected chi connectivity index (χ2v) is 9.35. The first-order chi connectivity index (χ1) is 16.9. The van der Waals surface area contributed by atoms with Crippen LogP contribution < -0.4 is 0 Å². The van der Waals surface area contributed by atoms with Crippen LogP contribution in [0.1, 0.15) is 137 Å². The Labute approximate surface area is 217 Å². The van der Waals surface area contributed by atoms with Gasteiger partial charge < -0.3 is 9.47 Å². The molecule has 0 aliphatic heterocycles. The van der Waals surface area contributed by atoms with E-state index in [1.54, 1.807) is 6.08 Å². The lowest BCUT2D eigenvalue weighted by Gasteiger charge is -2.10. The second kappa shape index (κ2) is 28.4. The van der Waals surface area contributed by atoms with E-state index in [2.05, 4.69) is 24.8 Å². The van der Waals surface area contributed by atoms with E-state index in [1.807, 2.05) is 26.8 Å². The highest BCUT2D eigenvalue weighted by atomic mass is 16.5. The lowest BCUT2D eigenvalue weighted by molar-refractivity contribution is -0.145. The summed E-state index contributed by atoms with van der Waals surface area (Å²) < 4.78 is 9.61. The standard InChI is InChI=1S/C20H38O2.C11H18O2/c1-3-5-6-7-8-9-10-11-12-13-14-15-16-17-18-19-20(21)22-4-2;1-5-7-9(3)10(4)11(12)13-8-6-2/h4H,2-3,5-19H2,1H3;6-7,10H,2,5,8H2,1,3-4H3. The van der Waals surface area contributed by atoms with Crippen LogP contribution in [0.2, 0.25) is 0 Å². The summed E-state index contributed by atoms with van der Waals surface area (Å²) in [5.41, 5.74) is 1.07. The van der Waals surface area contributed by atoms with E-state index in [1.165, 1.54) is 89.7 Å². The highest BCUT2D eigenvalue weighted by Gasteiger charge is 2.14. The molecule has 0 saturated carbocycles. The van der Waals surface area contributed by atoms with Crippen LogP contribution in [0.4, 0.5) is 0 Å². The van der Waals surface area contributed by atoms with Gasteiger partial charge in [0.2, 0.25) is 0 Å². The van der Waals surface area contributed by atoms with Crippen LogP contribution in [0.15, 0.2) is 37.1 Å². The predicted molar refractivity (Wildman–Crippen MR) is 150 cm³/mol. The number of hydrogen-bond donors (Lipinski definition) is 0. The van der Waals surface area contributed by atoms with Crippen LogP contribution in [-0.2, 0) is 19.1 Å². The molecule has 0 radical (unpaired) electrons. The van der Waals surface area contributed by atoms with Crippen molar-refractivity contribution < 1.29 is 19.1 Å². The molecular formula is C31H56O4. The second-order valence-electron chi connectivity index (χ2n) is 9.35. The number of allylic oxidation sites excluding steroid dienone is 1. The highest BCUT2D eigenvalue weighted by molar-refractivity contribution is 5.75. The molecule has 4 heteroatoms. The zero-order valence-corrected chi connectivity index (χ0v) is 23.6. The van der Waals surface area contributed by atoms with E-state index in [4.69, 9.17) is 4.74 Å². The summed E-state index contributed by atoms with van der Waals surface area (Å²) in [6, 6.07) is 0. The van der Waals surface area contributed by atoms with Gasteiger partial charge in [-0.2, -0.15) is 0 Å². The average Bonchev–Trinajstić information content (AvgIpc) is 2.85. The van der Waals surface area contributed by atoms with Gasteiger partial charge in [-0.1, -0.05) is 135 Å². The lowest BCUT2D eigenvalue weighted by Crippen LogP contribution is -2.15. The fourth-order valence-electron chi connectivity index (χ4n) is 3.74. The molecule has 4 nitrogen and oxygen atoms in total. The van der Waals surface area contributed by atoms with Crippen LogP contribution in [0, 0.1) is 5.92 Å². The van der Waals surface area contributed by atoms with Crippen LogP contribution in [0.5, 0.6) is 0 Å². The third-order valence-electron chi connectivity index (χ3n) is 6.11. The zero-order chi connectivity index (χ0) is 26.6. The Hall–Kier alpha value is -1.84. The first kappa shape index (κ1) is 35.3. The number of esters is 2. The molecule has 0 fully saturated rings. The Kier molecular flexibility index (Phi) is 28.7. The van der Waals surface area contributed by atoms with Gasteiger partial charge in [-0.25, -0.2) is 0 Å². The largest absolute Gasteiger partial charge is 0.461 e. The van der Waals surface area contributed by atoms with E-state index in [-0.39, 0.29) is 17.9 Å².